The zero-order chi connectivity index (χ0) is 16.4. The first-order valence-electron chi connectivity index (χ1n) is 9.19. The van der Waals surface area contributed by atoms with Crippen LogP contribution < -0.4 is 9.47 Å². The van der Waals surface area contributed by atoms with Crippen molar-refractivity contribution in [2.24, 2.45) is 5.92 Å². The molecule has 2 saturated heterocycles. The number of rotatable bonds is 3. The van der Waals surface area contributed by atoms with Gasteiger partial charge in [0, 0.05) is 26.2 Å². The SMILES string of the molecule is O=C([C@H]1CCCN(Cc2ccc3c(c2)OCO3)C1)N1CCCCC1. The lowest BCUT2D eigenvalue weighted by atomic mass is 9.95. The molecule has 2 fully saturated rings. The first kappa shape index (κ1) is 15.8. The van der Waals surface area contributed by atoms with Gasteiger partial charge in [0.15, 0.2) is 11.5 Å². The average molecular weight is 330 g/mol. The van der Waals surface area contributed by atoms with Gasteiger partial charge in [0.1, 0.15) is 0 Å². The Hall–Kier alpha value is -1.75. The minimum absolute atomic E-state index is 0.172. The Kier molecular flexibility index (Phi) is 4.60. The molecule has 130 valence electrons. The predicted molar refractivity (Wildman–Crippen MR) is 91.0 cm³/mol. The third kappa shape index (κ3) is 3.36. The number of piperidine rings is 2. The lowest BCUT2D eigenvalue weighted by Crippen LogP contribution is -2.46. The van der Waals surface area contributed by atoms with Crippen LogP contribution in [-0.4, -0.2) is 48.7 Å². The third-order valence-electron chi connectivity index (χ3n) is 5.37. The van der Waals surface area contributed by atoms with Crippen molar-refractivity contribution in [1.29, 1.82) is 0 Å². The van der Waals surface area contributed by atoms with Crippen LogP contribution >= 0.6 is 0 Å². The standard InChI is InChI=1S/C19H26N2O3/c22-19(21-9-2-1-3-10-21)16-5-4-8-20(13-16)12-15-6-7-17-18(11-15)24-14-23-17/h6-7,11,16H,1-5,8-10,12-14H2/t16-/m0/s1. The van der Waals surface area contributed by atoms with Crippen molar-refractivity contribution < 1.29 is 14.3 Å². The molecule has 0 saturated carbocycles. The zero-order valence-electron chi connectivity index (χ0n) is 14.2. The Morgan fingerprint density at radius 2 is 1.88 bits per heavy atom. The smallest absolute Gasteiger partial charge is 0.231 e. The summed E-state index contributed by atoms with van der Waals surface area (Å²) in [7, 11) is 0. The van der Waals surface area contributed by atoms with Crippen LogP contribution in [0.1, 0.15) is 37.7 Å². The maximum absolute atomic E-state index is 12.8. The fourth-order valence-corrected chi connectivity index (χ4v) is 4.07. The number of amides is 1. The lowest BCUT2D eigenvalue weighted by molar-refractivity contribution is -0.138. The molecule has 5 nitrogen and oxygen atoms in total. The zero-order valence-corrected chi connectivity index (χ0v) is 14.2. The van der Waals surface area contributed by atoms with Crippen LogP contribution in [0.25, 0.3) is 0 Å². The van der Waals surface area contributed by atoms with Gasteiger partial charge in [0.2, 0.25) is 12.7 Å². The molecule has 0 bridgehead atoms. The largest absolute Gasteiger partial charge is 0.454 e. The molecule has 1 aromatic carbocycles. The van der Waals surface area contributed by atoms with E-state index in [0.29, 0.717) is 12.7 Å². The fraction of sp³-hybridized carbons (Fsp3) is 0.632. The van der Waals surface area contributed by atoms with E-state index in [1.807, 2.05) is 6.07 Å². The summed E-state index contributed by atoms with van der Waals surface area (Å²) in [4.78, 5) is 17.3. The number of hydrogen-bond donors (Lipinski definition) is 0. The minimum atomic E-state index is 0.172. The van der Waals surface area contributed by atoms with Gasteiger partial charge in [-0.1, -0.05) is 6.07 Å². The van der Waals surface area contributed by atoms with E-state index in [4.69, 9.17) is 9.47 Å². The Morgan fingerprint density at radius 3 is 2.75 bits per heavy atom. The molecule has 0 unspecified atom stereocenters. The van der Waals surface area contributed by atoms with Crippen LogP contribution in [0.4, 0.5) is 0 Å². The molecule has 0 radical (unpaired) electrons. The van der Waals surface area contributed by atoms with E-state index < -0.39 is 0 Å². The molecule has 0 N–H and O–H groups in total. The van der Waals surface area contributed by atoms with Crippen molar-refractivity contribution in [2.75, 3.05) is 33.0 Å². The van der Waals surface area contributed by atoms with Gasteiger partial charge in [-0.05, 0) is 56.3 Å². The van der Waals surface area contributed by atoms with E-state index in [0.717, 1.165) is 57.1 Å². The van der Waals surface area contributed by atoms with Crippen molar-refractivity contribution >= 4 is 5.91 Å². The first-order chi connectivity index (χ1) is 11.8. The summed E-state index contributed by atoms with van der Waals surface area (Å²) in [5.41, 5.74) is 1.23. The Bertz CT molecular complexity index is 598. The van der Waals surface area contributed by atoms with Crippen molar-refractivity contribution in [3.8, 4) is 11.5 Å². The quantitative estimate of drug-likeness (QED) is 0.854. The van der Waals surface area contributed by atoms with Gasteiger partial charge < -0.3 is 14.4 Å². The average Bonchev–Trinajstić information content (AvgIpc) is 3.10. The minimum Gasteiger partial charge on any atom is -0.454 e. The lowest BCUT2D eigenvalue weighted by Gasteiger charge is -2.36. The number of likely N-dealkylation sites (tertiary alicyclic amines) is 2. The highest BCUT2D eigenvalue weighted by Crippen LogP contribution is 2.33. The maximum Gasteiger partial charge on any atom is 0.231 e. The molecule has 5 heteroatoms. The highest BCUT2D eigenvalue weighted by atomic mass is 16.7. The van der Waals surface area contributed by atoms with Crippen LogP contribution in [0, 0.1) is 5.92 Å². The highest BCUT2D eigenvalue weighted by molar-refractivity contribution is 5.79. The summed E-state index contributed by atoms with van der Waals surface area (Å²) in [6.07, 6.45) is 5.74. The van der Waals surface area contributed by atoms with E-state index >= 15 is 0 Å². The van der Waals surface area contributed by atoms with Gasteiger partial charge in [-0.25, -0.2) is 0 Å². The number of hydrogen-bond acceptors (Lipinski definition) is 4. The molecule has 3 aliphatic heterocycles. The summed E-state index contributed by atoms with van der Waals surface area (Å²) >= 11 is 0. The molecule has 0 spiro atoms. The van der Waals surface area contributed by atoms with E-state index in [-0.39, 0.29) is 5.92 Å². The number of ether oxygens (including phenoxy) is 2. The third-order valence-corrected chi connectivity index (χ3v) is 5.37. The van der Waals surface area contributed by atoms with Crippen LogP contribution in [0.2, 0.25) is 0 Å². The highest BCUT2D eigenvalue weighted by Gasteiger charge is 2.30. The van der Waals surface area contributed by atoms with Gasteiger partial charge in [0.05, 0.1) is 5.92 Å². The Morgan fingerprint density at radius 1 is 1.04 bits per heavy atom. The number of carbonyl (C=O) groups excluding carboxylic acids is 1. The van der Waals surface area contributed by atoms with Crippen molar-refractivity contribution in [2.45, 2.75) is 38.6 Å². The normalized spacial score (nSPS) is 24.2. The fourth-order valence-electron chi connectivity index (χ4n) is 4.07. The summed E-state index contributed by atoms with van der Waals surface area (Å²) in [6, 6.07) is 6.15. The van der Waals surface area contributed by atoms with Crippen LogP contribution in [0.5, 0.6) is 11.5 Å². The van der Waals surface area contributed by atoms with Gasteiger partial charge >= 0.3 is 0 Å². The predicted octanol–water partition coefficient (Wildman–Crippen LogP) is 2.64. The molecular formula is C19H26N2O3. The summed E-state index contributed by atoms with van der Waals surface area (Å²) in [5.74, 6) is 2.22. The number of carbonyl (C=O) groups is 1. The second-order valence-electron chi connectivity index (χ2n) is 7.15. The number of fused-ring (bicyclic) bond motifs is 1. The molecule has 0 aliphatic carbocycles. The van der Waals surface area contributed by atoms with Crippen LogP contribution in [0.3, 0.4) is 0 Å². The van der Waals surface area contributed by atoms with E-state index in [1.165, 1.54) is 24.8 Å². The molecule has 4 rings (SSSR count). The topological polar surface area (TPSA) is 42.0 Å². The number of nitrogens with zero attached hydrogens (tertiary/aromatic N) is 2. The van der Waals surface area contributed by atoms with E-state index in [2.05, 4.69) is 21.9 Å². The maximum atomic E-state index is 12.8. The van der Waals surface area contributed by atoms with Gasteiger partial charge in [-0.3, -0.25) is 9.69 Å². The van der Waals surface area contributed by atoms with Crippen molar-refractivity contribution in [3.05, 3.63) is 23.8 Å². The summed E-state index contributed by atoms with van der Waals surface area (Å²) in [6.45, 7) is 5.05. The molecule has 24 heavy (non-hydrogen) atoms. The Labute approximate surface area is 143 Å². The first-order valence-corrected chi connectivity index (χ1v) is 9.19. The van der Waals surface area contributed by atoms with Crippen LogP contribution in [0.15, 0.2) is 18.2 Å². The monoisotopic (exact) mass is 330 g/mol. The van der Waals surface area contributed by atoms with Gasteiger partial charge in [0.25, 0.3) is 0 Å². The molecule has 1 amide bonds. The van der Waals surface area contributed by atoms with Gasteiger partial charge in [-0.2, -0.15) is 0 Å². The molecular weight excluding hydrogens is 304 g/mol. The molecule has 0 aromatic heterocycles. The second-order valence-corrected chi connectivity index (χ2v) is 7.15. The second kappa shape index (κ2) is 7.01. The van der Waals surface area contributed by atoms with E-state index in [9.17, 15) is 4.79 Å². The van der Waals surface area contributed by atoms with Crippen molar-refractivity contribution in [3.63, 3.8) is 0 Å². The van der Waals surface area contributed by atoms with Crippen molar-refractivity contribution in [1.82, 2.24) is 9.80 Å². The molecule has 1 aromatic rings. The Balaban J connectivity index is 1.37. The summed E-state index contributed by atoms with van der Waals surface area (Å²) < 4.78 is 10.8. The van der Waals surface area contributed by atoms with E-state index in [1.54, 1.807) is 0 Å². The number of benzene rings is 1. The van der Waals surface area contributed by atoms with Gasteiger partial charge in [-0.15, -0.1) is 0 Å². The van der Waals surface area contributed by atoms with Crippen LogP contribution in [-0.2, 0) is 11.3 Å². The molecule has 1 atom stereocenters. The molecule has 3 heterocycles. The summed E-state index contributed by atoms with van der Waals surface area (Å²) in [5, 5.41) is 0. The molecule has 3 aliphatic rings.